The Morgan fingerprint density at radius 1 is 1.62 bits per heavy atom. The Hall–Kier alpha value is -0.0600. The first-order valence-electron chi connectivity index (χ1n) is 5.26. The fourth-order valence-electron chi connectivity index (χ4n) is 1.89. The van der Waals surface area contributed by atoms with E-state index in [1.165, 1.54) is 11.3 Å². The van der Waals surface area contributed by atoms with Crippen LogP contribution in [0.5, 0.6) is 0 Å². The van der Waals surface area contributed by atoms with Crippen LogP contribution in [0, 0.1) is 5.92 Å². The summed E-state index contributed by atoms with van der Waals surface area (Å²) in [6, 6.07) is 3.58. The Balaban J connectivity index is 2.06. The number of nitrogens with zero attached hydrogens (tertiary/aromatic N) is 1. The highest BCUT2D eigenvalue weighted by atomic mass is 79.9. The maximum Gasteiger partial charge on any atom is 0.263 e. The highest BCUT2D eigenvalue weighted by Crippen LogP contribution is 2.27. The second-order valence-electron chi connectivity index (χ2n) is 4.14. The Bertz CT molecular complexity index is 395. The minimum absolute atomic E-state index is 0.114. The first-order chi connectivity index (χ1) is 7.58. The molecule has 0 aromatic carbocycles. The van der Waals surface area contributed by atoms with Crippen LogP contribution < -0.4 is 0 Å². The molecule has 0 saturated carbocycles. The summed E-state index contributed by atoms with van der Waals surface area (Å²) in [5.74, 6) is 0.622. The average Bonchev–Trinajstić information content (AvgIpc) is 2.68. The van der Waals surface area contributed by atoms with E-state index in [1.54, 1.807) is 12.1 Å². The van der Waals surface area contributed by atoms with Gasteiger partial charge in [-0.15, -0.1) is 11.3 Å². The second kappa shape index (κ2) is 5.07. The zero-order valence-electron chi connectivity index (χ0n) is 8.95. The van der Waals surface area contributed by atoms with Gasteiger partial charge in [0.05, 0.1) is 9.21 Å². The van der Waals surface area contributed by atoms with Crippen molar-refractivity contribution in [2.24, 2.45) is 5.92 Å². The fourth-order valence-corrected chi connectivity index (χ4v) is 3.27. The van der Waals surface area contributed by atoms with E-state index in [2.05, 4.69) is 22.9 Å². The number of amides is 1. The Morgan fingerprint density at radius 2 is 2.38 bits per heavy atom. The molecule has 5 heteroatoms. The van der Waals surface area contributed by atoms with Crippen LogP contribution >= 0.6 is 38.9 Å². The van der Waals surface area contributed by atoms with Crippen molar-refractivity contribution in [2.75, 3.05) is 13.1 Å². The monoisotopic (exact) mass is 321 g/mol. The Morgan fingerprint density at radius 3 is 2.94 bits per heavy atom. The third kappa shape index (κ3) is 2.60. The molecule has 2 nitrogen and oxygen atoms in total. The fraction of sp³-hybridized carbons (Fsp3) is 0.545. The van der Waals surface area contributed by atoms with E-state index in [4.69, 9.17) is 11.6 Å². The summed E-state index contributed by atoms with van der Waals surface area (Å²) < 4.78 is 0.673. The van der Waals surface area contributed by atoms with Gasteiger partial charge in [-0.2, -0.15) is 0 Å². The number of carbonyl (C=O) groups excluding carboxylic acids is 1. The van der Waals surface area contributed by atoms with E-state index in [1.807, 2.05) is 4.90 Å². The predicted octanol–water partition coefficient (Wildman–Crippen LogP) is 3.65. The summed E-state index contributed by atoms with van der Waals surface area (Å²) >= 11 is 10.8. The number of carbonyl (C=O) groups is 1. The topological polar surface area (TPSA) is 20.3 Å². The van der Waals surface area contributed by atoms with Crippen molar-refractivity contribution < 1.29 is 4.79 Å². The first-order valence-corrected chi connectivity index (χ1v) is 7.37. The third-order valence-corrected chi connectivity index (χ3v) is 5.45. The highest BCUT2D eigenvalue weighted by Gasteiger charge is 2.27. The van der Waals surface area contributed by atoms with Gasteiger partial charge in [0.25, 0.3) is 5.91 Å². The average molecular weight is 323 g/mol. The molecule has 1 aliphatic rings. The van der Waals surface area contributed by atoms with Gasteiger partial charge in [-0.05, 0) is 24.5 Å². The van der Waals surface area contributed by atoms with Crippen LogP contribution in [0.3, 0.4) is 0 Å². The third-order valence-electron chi connectivity index (χ3n) is 2.87. The molecule has 1 aliphatic heterocycles. The lowest BCUT2D eigenvalue weighted by Crippen LogP contribution is -2.43. The number of hydrogen-bond acceptors (Lipinski definition) is 2. The number of hydrogen-bond donors (Lipinski definition) is 0. The van der Waals surface area contributed by atoms with Crippen LogP contribution in [0.2, 0.25) is 4.34 Å². The summed E-state index contributed by atoms with van der Waals surface area (Å²) in [6.07, 6.45) is 1.02. The van der Waals surface area contributed by atoms with Crippen molar-refractivity contribution in [3.8, 4) is 0 Å². The number of likely N-dealkylation sites (tertiary alicyclic amines) is 1. The van der Waals surface area contributed by atoms with Crippen molar-refractivity contribution in [1.82, 2.24) is 4.90 Å². The summed E-state index contributed by atoms with van der Waals surface area (Å²) in [5, 5.41) is 0. The van der Waals surface area contributed by atoms with Gasteiger partial charge in [0.1, 0.15) is 0 Å². The van der Waals surface area contributed by atoms with Gasteiger partial charge in [-0.3, -0.25) is 4.79 Å². The lowest BCUT2D eigenvalue weighted by molar-refractivity contribution is 0.0695. The van der Waals surface area contributed by atoms with Gasteiger partial charge in [-0.1, -0.05) is 34.5 Å². The molecule has 88 valence electrons. The van der Waals surface area contributed by atoms with Gasteiger partial charge in [0.15, 0.2) is 0 Å². The van der Waals surface area contributed by atoms with Crippen LogP contribution in [0.25, 0.3) is 0 Å². The van der Waals surface area contributed by atoms with Crippen LogP contribution in [0.4, 0.5) is 0 Å². The van der Waals surface area contributed by atoms with Crippen molar-refractivity contribution in [2.45, 2.75) is 18.2 Å². The first kappa shape index (κ1) is 12.4. The molecule has 0 spiro atoms. The molecule has 0 aliphatic carbocycles. The molecule has 1 aromatic rings. The van der Waals surface area contributed by atoms with Crippen LogP contribution in [0.1, 0.15) is 23.0 Å². The van der Waals surface area contributed by atoms with Crippen LogP contribution in [-0.2, 0) is 0 Å². The molecule has 2 heterocycles. The van der Waals surface area contributed by atoms with Crippen molar-refractivity contribution in [3.05, 3.63) is 21.3 Å². The molecule has 1 saturated heterocycles. The predicted molar refractivity (Wildman–Crippen MR) is 71.7 cm³/mol. The number of halogens is 2. The number of piperidine rings is 1. The largest absolute Gasteiger partial charge is 0.338 e. The maximum absolute atomic E-state index is 12.1. The molecular weight excluding hydrogens is 310 g/mol. The molecule has 0 radical (unpaired) electrons. The van der Waals surface area contributed by atoms with E-state index in [9.17, 15) is 4.79 Å². The Labute approximate surface area is 113 Å². The Kier molecular flexibility index (Phi) is 3.93. The van der Waals surface area contributed by atoms with Gasteiger partial charge in [0, 0.05) is 17.9 Å². The molecule has 2 atom stereocenters. The lowest BCUT2D eigenvalue weighted by atomic mass is 10.00. The van der Waals surface area contributed by atoms with Gasteiger partial charge in [0.2, 0.25) is 0 Å². The molecule has 1 amide bonds. The van der Waals surface area contributed by atoms with E-state index >= 15 is 0 Å². The van der Waals surface area contributed by atoms with E-state index in [0.717, 1.165) is 24.4 Å². The van der Waals surface area contributed by atoms with Gasteiger partial charge >= 0.3 is 0 Å². The standard InChI is InChI=1S/C11H13BrClNOS/c1-7-6-14(5-4-8(7)12)11(15)9-2-3-10(13)16-9/h2-3,7-8H,4-6H2,1H3. The molecule has 0 bridgehead atoms. The molecular formula is C11H13BrClNOS. The normalized spacial score (nSPS) is 25.8. The van der Waals surface area contributed by atoms with Crippen molar-refractivity contribution in [1.29, 1.82) is 0 Å². The molecule has 2 unspecified atom stereocenters. The minimum Gasteiger partial charge on any atom is -0.338 e. The highest BCUT2D eigenvalue weighted by molar-refractivity contribution is 9.09. The zero-order valence-corrected chi connectivity index (χ0v) is 12.1. The quantitative estimate of drug-likeness (QED) is 0.723. The number of alkyl halides is 1. The summed E-state index contributed by atoms with van der Waals surface area (Å²) in [5.41, 5.74) is 0. The summed E-state index contributed by atoms with van der Waals surface area (Å²) in [4.78, 5) is 15.3. The van der Waals surface area contributed by atoms with E-state index < -0.39 is 0 Å². The van der Waals surface area contributed by atoms with Crippen molar-refractivity contribution >= 4 is 44.8 Å². The maximum atomic E-state index is 12.1. The molecule has 1 aromatic heterocycles. The van der Waals surface area contributed by atoms with Gasteiger partial charge in [-0.25, -0.2) is 0 Å². The summed E-state index contributed by atoms with van der Waals surface area (Å²) in [7, 11) is 0. The SMILES string of the molecule is CC1CN(C(=O)c2ccc(Cl)s2)CCC1Br. The molecule has 2 rings (SSSR count). The second-order valence-corrected chi connectivity index (χ2v) is 7.03. The molecule has 1 fully saturated rings. The summed E-state index contributed by atoms with van der Waals surface area (Å²) in [6.45, 7) is 3.82. The van der Waals surface area contributed by atoms with Crippen LogP contribution in [-0.4, -0.2) is 28.7 Å². The molecule has 0 N–H and O–H groups in total. The number of rotatable bonds is 1. The van der Waals surface area contributed by atoms with E-state index in [0.29, 0.717) is 15.1 Å². The lowest BCUT2D eigenvalue weighted by Gasteiger charge is -2.34. The van der Waals surface area contributed by atoms with Crippen LogP contribution in [0.15, 0.2) is 12.1 Å². The van der Waals surface area contributed by atoms with Crippen molar-refractivity contribution in [3.63, 3.8) is 0 Å². The smallest absolute Gasteiger partial charge is 0.263 e. The van der Waals surface area contributed by atoms with E-state index in [-0.39, 0.29) is 5.91 Å². The zero-order chi connectivity index (χ0) is 11.7. The molecule has 16 heavy (non-hydrogen) atoms. The minimum atomic E-state index is 0.114. The number of thiophene rings is 1. The van der Waals surface area contributed by atoms with Gasteiger partial charge < -0.3 is 4.90 Å².